The molecule has 0 aliphatic rings. The number of ether oxygens (including phenoxy) is 1. The van der Waals surface area contributed by atoms with Crippen molar-refractivity contribution in [1.82, 2.24) is 4.98 Å². The number of aromatic carboxylic acids is 1. The molecular weight excluding hydrogens is 266 g/mol. The Morgan fingerprint density at radius 1 is 1.42 bits per heavy atom. The lowest BCUT2D eigenvalue weighted by atomic mass is 10.2. The fraction of sp³-hybridized carbons (Fsp3) is 0.143. The van der Waals surface area contributed by atoms with E-state index in [0.29, 0.717) is 5.02 Å². The van der Waals surface area contributed by atoms with E-state index in [4.69, 9.17) is 21.4 Å². The maximum atomic E-state index is 11.1. The van der Waals surface area contributed by atoms with Gasteiger partial charge >= 0.3 is 5.97 Å². The summed E-state index contributed by atoms with van der Waals surface area (Å²) < 4.78 is 5.52. The minimum Gasteiger partial charge on any atom is -0.486 e. The quantitative estimate of drug-likeness (QED) is 0.931. The predicted octanol–water partition coefficient (Wildman–Crippen LogP) is 3.32. The highest BCUT2D eigenvalue weighted by Gasteiger charge is 2.12. The van der Waals surface area contributed by atoms with E-state index in [0.717, 1.165) is 11.3 Å². The summed E-state index contributed by atoms with van der Waals surface area (Å²) in [5, 5.41) is 9.50. The molecule has 0 bridgehead atoms. The van der Waals surface area contributed by atoms with Gasteiger partial charge in [0, 0.05) is 11.2 Å². The maximum Gasteiger partial charge on any atom is 0.339 e. The number of rotatable bonds is 4. The van der Waals surface area contributed by atoms with Gasteiger partial charge in [-0.25, -0.2) is 4.79 Å². The summed E-state index contributed by atoms with van der Waals surface area (Å²) in [6.45, 7) is 2.12. The Kier molecular flexibility index (Phi) is 4.02. The molecule has 0 fully saturated rings. The number of aromatic nitrogens is 1. The molecule has 4 nitrogen and oxygen atoms in total. The third-order valence-corrected chi connectivity index (χ3v) is 2.89. The van der Waals surface area contributed by atoms with Crippen LogP contribution in [0.2, 0.25) is 5.02 Å². The molecule has 0 spiro atoms. The van der Waals surface area contributed by atoms with Crippen LogP contribution in [-0.2, 0) is 6.61 Å². The SMILES string of the molecule is Cc1cccnc1COc1cc(Cl)ccc1C(=O)O. The first-order chi connectivity index (χ1) is 9.08. The Hall–Kier alpha value is -2.07. The van der Waals surface area contributed by atoms with Crippen molar-refractivity contribution in [3.05, 3.63) is 58.4 Å². The molecule has 98 valence electrons. The van der Waals surface area contributed by atoms with E-state index in [-0.39, 0.29) is 17.9 Å². The molecule has 0 aliphatic heterocycles. The number of pyridine rings is 1. The monoisotopic (exact) mass is 277 g/mol. The third kappa shape index (κ3) is 3.23. The molecule has 2 rings (SSSR count). The molecule has 0 aliphatic carbocycles. The first kappa shape index (κ1) is 13.4. The second-order valence-corrected chi connectivity index (χ2v) is 4.44. The summed E-state index contributed by atoms with van der Waals surface area (Å²) >= 11 is 5.85. The molecular formula is C14H12ClNO3. The average Bonchev–Trinajstić information content (AvgIpc) is 2.37. The smallest absolute Gasteiger partial charge is 0.339 e. The largest absolute Gasteiger partial charge is 0.486 e. The predicted molar refractivity (Wildman–Crippen MR) is 71.7 cm³/mol. The van der Waals surface area contributed by atoms with E-state index in [1.165, 1.54) is 18.2 Å². The van der Waals surface area contributed by atoms with Gasteiger partial charge in [0.2, 0.25) is 0 Å². The van der Waals surface area contributed by atoms with Crippen molar-refractivity contribution in [2.45, 2.75) is 13.5 Å². The van der Waals surface area contributed by atoms with Crippen molar-refractivity contribution < 1.29 is 14.6 Å². The van der Waals surface area contributed by atoms with Crippen molar-refractivity contribution in [2.24, 2.45) is 0 Å². The molecule has 5 heteroatoms. The lowest BCUT2D eigenvalue weighted by molar-refractivity contribution is 0.0691. The number of halogens is 1. The van der Waals surface area contributed by atoms with Crippen LogP contribution in [0.15, 0.2) is 36.5 Å². The van der Waals surface area contributed by atoms with Gasteiger partial charge in [0.05, 0.1) is 5.69 Å². The minimum absolute atomic E-state index is 0.0815. The highest BCUT2D eigenvalue weighted by atomic mass is 35.5. The first-order valence-electron chi connectivity index (χ1n) is 5.64. The molecule has 0 unspecified atom stereocenters. The lowest BCUT2D eigenvalue weighted by Crippen LogP contribution is -2.05. The van der Waals surface area contributed by atoms with E-state index in [2.05, 4.69) is 4.98 Å². The molecule has 1 aromatic carbocycles. The molecule has 0 saturated heterocycles. The Morgan fingerprint density at radius 2 is 2.21 bits per heavy atom. The Balaban J connectivity index is 2.22. The van der Waals surface area contributed by atoms with Crippen LogP contribution in [0.5, 0.6) is 5.75 Å². The van der Waals surface area contributed by atoms with Crippen molar-refractivity contribution in [2.75, 3.05) is 0 Å². The number of carboxylic acid groups (broad SMARTS) is 1. The summed E-state index contributed by atoms with van der Waals surface area (Å²) in [5.74, 6) is -0.811. The van der Waals surface area contributed by atoms with Gasteiger partial charge in [-0.15, -0.1) is 0 Å². The number of carboxylic acids is 1. The number of carbonyl (C=O) groups is 1. The highest BCUT2D eigenvalue weighted by molar-refractivity contribution is 6.30. The molecule has 2 aromatic rings. The van der Waals surface area contributed by atoms with Crippen LogP contribution in [0.4, 0.5) is 0 Å². The average molecular weight is 278 g/mol. The fourth-order valence-electron chi connectivity index (χ4n) is 1.61. The van der Waals surface area contributed by atoms with Gasteiger partial charge in [0.1, 0.15) is 17.9 Å². The number of nitrogens with zero attached hydrogens (tertiary/aromatic N) is 1. The second-order valence-electron chi connectivity index (χ2n) is 4.00. The second kappa shape index (κ2) is 5.71. The van der Waals surface area contributed by atoms with E-state index in [1.54, 1.807) is 6.20 Å². The maximum absolute atomic E-state index is 11.1. The van der Waals surface area contributed by atoms with Crippen LogP contribution in [0.25, 0.3) is 0 Å². The van der Waals surface area contributed by atoms with Crippen LogP contribution < -0.4 is 4.74 Å². The number of benzene rings is 1. The summed E-state index contributed by atoms with van der Waals surface area (Å²) in [4.78, 5) is 15.3. The first-order valence-corrected chi connectivity index (χ1v) is 6.02. The Morgan fingerprint density at radius 3 is 2.89 bits per heavy atom. The molecule has 1 N–H and O–H groups in total. The van der Waals surface area contributed by atoms with Crippen molar-refractivity contribution in [1.29, 1.82) is 0 Å². The van der Waals surface area contributed by atoms with Gasteiger partial charge in [0.15, 0.2) is 0 Å². The fourth-order valence-corrected chi connectivity index (χ4v) is 1.77. The zero-order valence-corrected chi connectivity index (χ0v) is 11.0. The molecule has 1 aromatic heterocycles. The summed E-state index contributed by atoms with van der Waals surface area (Å²) in [6.07, 6.45) is 1.67. The van der Waals surface area contributed by atoms with E-state index < -0.39 is 5.97 Å². The van der Waals surface area contributed by atoms with Crippen LogP contribution >= 0.6 is 11.6 Å². The molecule has 0 atom stereocenters. The minimum atomic E-state index is -1.05. The molecule has 0 saturated carbocycles. The summed E-state index contributed by atoms with van der Waals surface area (Å²) in [5.41, 5.74) is 1.83. The Labute approximate surface area is 115 Å². The Bertz CT molecular complexity index is 613. The normalized spacial score (nSPS) is 10.2. The van der Waals surface area contributed by atoms with Gasteiger partial charge in [0.25, 0.3) is 0 Å². The van der Waals surface area contributed by atoms with E-state index in [9.17, 15) is 4.79 Å². The van der Waals surface area contributed by atoms with E-state index in [1.807, 2.05) is 19.1 Å². The van der Waals surface area contributed by atoms with Crippen LogP contribution in [0.1, 0.15) is 21.6 Å². The van der Waals surface area contributed by atoms with Crippen LogP contribution in [0, 0.1) is 6.92 Å². The summed E-state index contributed by atoms with van der Waals surface area (Å²) in [6, 6.07) is 8.18. The standard InChI is InChI=1S/C14H12ClNO3/c1-9-3-2-6-16-12(9)8-19-13-7-10(15)4-5-11(13)14(17)18/h2-7H,8H2,1H3,(H,17,18). The topological polar surface area (TPSA) is 59.4 Å². The molecule has 0 amide bonds. The number of aryl methyl sites for hydroxylation is 1. The van der Waals surface area contributed by atoms with Gasteiger partial charge < -0.3 is 9.84 Å². The van der Waals surface area contributed by atoms with Crippen LogP contribution in [-0.4, -0.2) is 16.1 Å². The van der Waals surface area contributed by atoms with Crippen molar-refractivity contribution in [3.63, 3.8) is 0 Å². The van der Waals surface area contributed by atoms with Gasteiger partial charge in [-0.3, -0.25) is 4.98 Å². The molecule has 19 heavy (non-hydrogen) atoms. The zero-order chi connectivity index (χ0) is 13.8. The molecule has 0 radical (unpaired) electrons. The number of hydrogen-bond donors (Lipinski definition) is 1. The van der Waals surface area contributed by atoms with Crippen LogP contribution in [0.3, 0.4) is 0 Å². The van der Waals surface area contributed by atoms with Gasteiger partial charge in [-0.05, 0) is 36.8 Å². The summed E-state index contributed by atoms with van der Waals surface area (Å²) in [7, 11) is 0. The zero-order valence-electron chi connectivity index (χ0n) is 10.3. The third-order valence-electron chi connectivity index (χ3n) is 2.66. The van der Waals surface area contributed by atoms with Gasteiger partial charge in [-0.2, -0.15) is 0 Å². The lowest BCUT2D eigenvalue weighted by Gasteiger charge is -2.10. The van der Waals surface area contributed by atoms with E-state index >= 15 is 0 Å². The highest BCUT2D eigenvalue weighted by Crippen LogP contribution is 2.24. The van der Waals surface area contributed by atoms with Gasteiger partial charge in [-0.1, -0.05) is 17.7 Å². The number of hydrogen-bond acceptors (Lipinski definition) is 3. The molecule has 1 heterocycles. The van der Waals surface area contributed by atoms with Crippen molar-refractivity contribution >= 4 is 17.6 Å². The van der Waals surface area contributed by atoms with Crippen molar-refractivity contribution in [3.8, 4) is 5.75 Å².